The van der Waals surface area contributed by atoms with E-state index in [1.807, 2.05) is 0 Å². The number of ether oxygens (including phenoxy) is 1. The van der Waals surface area contributed by atoms with Gasteiger partial charge < -0.3 is 20.3 Å². The third-order valence-electron chi connectivity index (χ3n) is 2.24. The van der Waals surface area contributed by atoms with Crippen LogP contribution in [-0.2, 0) is 14.3 Å². The molecule has 114 valence electrons. The summed E-state index contributed by atoms with van der Waals surface area (Å²) < 4.78 is 5.01. The number of carboxylic acid groups (broad SMARTS) is 2. The minimum Gasteiger partial charge on any atom is -0.473 e. The van der Waals surface area contributed by atoms with Crippen molar-refractivity contribution in [3.05, 3.63) is 0 Å². The van der Waals surface area contributed by atoms with Gasteiger partial charge >= 0.3 is 11.9 Å². The number of morpholine rings is 1. The number of aliphatic carboxylic acids is 2. The number of hydrogen-bond donors (Lipinski definition) is 3. The highest BCUT2D eigenvalue weighted by Crippen LogP contribution is 2.00. The van der Waals surface area contributed by atoms with E-state index in [1.54, 1.807) is 0 Å². The van der Waals surface area contributed by atoms with Crippen LogP contribution in [0.25, 0.3) is 0 Å². The maximum Gasteiger partial charge on any atom is 0.414 e. The highest BCUT2D eigenvalue weighted by Gasteiger charge is 2.04. The van der Waals surface area contributed by atoms with Crippen molar-refractivity contribution in [2.75, 3.05) is 26.3 Å². The van der Waals surface area contributed by atoms with Gasteiger partial charge in [-0.05, 0) is 0 Å². The molecule has 0 bridgehead atoms. The number of unbranched alkanes of at least 4 members (excludes halogenated alkanes) is 4. The Morgan fingerprint density at radius 2 is 1.37 bits per heavy atom. The van der Waals surface area contributed by atoms with E-state index >= 15 is 0 Å². The van der Waals surface area contributed by atoms with Crippen molar-refractivity contribution in [2.24, 2.45) is 0 Å². The molecule has 0 unspecified atom stereocenters. The predicted molar refractivity (Wildman–Crippen MR) is 73.4 cm³/mol. The number of rotatable bonds is 4. The van der Waals surface area contributed by atoms with E-state index in [0.717, 1.165) is 26.3 Å². The standard InChI is InChI=1S/C7H16.C4H9NO.C2H2O4/c1-3-5-7-6-4-2;1-3-6-4-2-5-1;3-1(4)2(5)6/h3-7H2,1-2H3;5H,1-4H2;(H,3,4)(H,5,6). The second-order valence-corrected chi connectivity index (χ2v) is 4.03. The molecule has 0 atom stereocenters. The van der Waals surface area contributed by atoms with Crippen LogP contribution in [0.5, 0.6) is 0 Å². The summed E-state index contributed by atoms with van der Waals surface area (Å²) in [5.74, 6) is -3.65. The number of hydrogen-bond acceptors (Lipinski definition) is 4. The van der Waals surface area contributed by atoms with E-state index in [1.165, 1.54) is 32.1 Å². The lowest BCUT2D eigenvalue weighted by atomic mass is 10.2. The topological polar surface area (TPSA) is 95.9 Å². The summed E-state index contributed by atoms with van der Waals surface area (Å²) in [5.41, 5.74) is 0. The van der Waals surface area contributed by atoms with Crippen LogP contribution >= 0.6 is 0 Å². The smallest absolute Gasteiger partial charge is 0.414 e. The first-order valence-corrected chi connectivity index (χ1v) is 6.80. The molecule has 1 heterocycles. The third-order valence-corrected chi connectivity index (χ3v) is 2.24. The van der Waals surface area contributed by atoms with E-state index in [-0.39, 0.29) is 0 Å². The van der Waals surface area contributed by atoms with E-state index in [4.69, 9.17) is 24.5 Å². The first-order chi connectivity index (χ1) is 9.06. The maximum absolute atomic E-state index is 9.10. The molecule has 19 heavy (non-hydrogen) atoms. The molecule has 1 aliphatic rings. The Bertz CT molecular complexity index is 190. The summed E-state index contributed by atoms with van der Waals surface area (Å²) in [6.07, 6.45) is 7.01. The van der Waals surface area contributed by atoms with Crippen molar-refractivity contribution in [3.63, 3.8) is 0 Å². The summed E-state index contributed by atoms with van der Waals surface area (Å²) in [7, 11) is 0. The molecule has 0 radical (unpaired) electrons. The average Bonchev–Trinajstić information content (AvgIpc) is 2.42. The van der Waals surface area contributed by atoms with Crippen LogP contribution < -0.4 is 5.32 Å². The van der Waals surface area contributed by atoms with Gasteiger partial charge in [0.2, 0.25) is 0 Å². The van der Waals surface area contributed by atoms with Crippen LogP contribution in [0.1, 0.15) is 46.0 Å². The van der Waals surface area contributed by atoms with Crippen molar-refractivity contribution in [1.29, 1.82) is 0 Å². The molecule has 0 spiro atoms. The minimum absolute atomic E-state index is 0.889. The summed E-state index contributed by atoms with van der Waals surface area (Å²) >= 11 is 0. The van der Waals surface area contributed by atoms with Gasteiger partial charge in [-0.25, -0.2) is 9.59 Å². The number of carbonyl (C=O) groups is 2. The second kappa shape index (κ2) is 16.9. The molecule has 0 amide bonds. The Kier molecular flexibility index (Phi) is 17.9. The fourth-order valence-corrected chi connectivity index (χ4v) is 1.19. The van der Waals surface area contributed by atoms with E-state index in [0.29, 0.717) is 0 Å². The Morgan fingerprint density at radius 1 is 0.947 bits per heavy atom. The first-order valence-electron chi connectivity index (χ1n) is 6.80. The van der Waals surface area contributed by atoms with Gasteiger partial charge in [0.25, 0.3) is 0 Å². The molecule has 0 aliphatic carbocycles. The van der Waals surface area contributed by atoms with Gasteiger partial charge in [-0.2, -0.15) is 0 Å². The molecule has 0 saturated carbocycles. The summed E-state index contributed by atoms with van der Waals surface area (Å²) in [4.78, 5) is 18.2. The quantitative estimate of drug-likeness (QED) is 0.535. The van der Waals surface area contributed by atoms with Gasteiger partial charge in [0.05, 0.1) is 13.2 Å². The van der Waals surface area contributed by atoms with Crippen LogP contribution in [0.3, 0.4) is 0 Å². The highest BCUT2D eigenvalue weighted by molar-refractivity contribution is 6.27. The lowest BCUT2D eigenvalue weighted by Gasteiger charge is -2.10. The van der Waals surface area contributed by atoms with Gasteiger partial charge in [0.15, 0.2) is 0 Å². The average molecular weight is 277 g/mol. The van der Waals surface area contributed by atoms with Gasteiger partial charge in [0.1, 0.15) is 0 Å². The van der Waals surface area contributed by atoms with Crippen molar-refractivity contribution in [1.82, 2.24) is 5.32 Å². The van der Waals surface area contributed by atoms with Crippen molar-refractivity contribution in [3.8, 4) is 0 Å². The zero-order valence-electron chi connectivity index (χ0n) is 12.0. The van der Waals surface area contributed by atoms with Crippen LogP contribution in [0, 0.1) is 0 Å². The van der Waals surface area contributed by atoms with Crippen LogP contribution in [0.15, 0.2) is 0 Å². The fourth-order valence-electron chi connectivity index (χ4n) is 1.19. The van der Waals surface area contributed by atoms with Crippen molar-refractivity contribution in [2.45, 2.75) is 46.0 Å². The largest absolute Gasteiger partial charge is 0.473 e. The monoisotopic (exact) mass is 277 g/mol. The zero-order valence-corrected chi connectivity index (χ0v) is 12.0. The number of carboxylic acids is 2. The molecule has 1 rings (SSSR count). The Labute approximate surface area is 115 Å². The predicted octanol–water partition coefficient (Wildman–Crippen LogP) is 1.74. The molecule has 6 nitrogen and oxygen atoms in total. The Hall–Kier alpha value is -1.14. The Morgan fingerprint density at radius 3 is 1.53 bits per heavy atom. The molecule has 0 aromatic heterocycles. The highest BCUT2D eigenvalue weighted by atomic mass is 16.5. The maximum atomic E-state index is 9.10. The van der Waals surface area contributed by atoms with Crippen LogP contribution in [0.4, 0.5) is 0 Å². The second-order valence-electron chi connectivity index (χ2n) is 4.03. The molecular formula is C13H27NO5. The molecule has 6 heteroatoms. The molecule has 1 aliphatic heterocycles. The van der Waals surface area contributed by atoms with E-state index in [2.05, 4.69) is 19.2 Å². The van der Waals surface area contributed by atoms with Crippen molar-refractivity contribution < 1.29 is 24.5 Å². The molecule has 0 aromatic carbocycles. The van der Waals surface area contributed by atoms with Gasteiger partial charge in [-0.15, -0.1) is 0 Å². The van der Waals surface area contributed by atoms with E-state index < -0.39 is 11.9 Å². The van der Waals surface area contributed by atoms with Gasteiger partial charge in [0, 0.05) is 13.1 Å². The normalized spacial score (nSPS) is 13.4. The Balaban J connectivity index is 0. The lowest BCUT2D eigenvalue weighted by molar-refractivity contribution is -0.159. The van der Waals surface area contributed by atoms with E-state index in [9.17, 15) is 0 Å². The molecule has 1 fully saturated rings. The first kappa shape index (κ1) is 20.2. The SMILES string of the molecule is C1COCCN1.CCCCCCC.O=C(O)C(=O)O. The summed E-state index contributed by atoms with van der Waals surface area (Å²) in [6.45, 7) is 8.32. The zero-order chi connectivity index (χ0) is 14.9. The van der Waals surface area contributed by atoms with Gasteiger partial charge in [-0.1, -0.05) is 46.0 Å². The molecule has 0 aromatic rings. The molecule has 1 saturated heterocycles. The number of nitrogens with one attached hydrogen (secondary N) is 1. The minimum atomic E-state index is -1.82. The van der Waals surface area contributed by atoms with Crippen molar-refractivity contribution >= 4 is 11.9 Å². The lowest BCUT2D eigenvalue weighted by Crippen LogP contribution is -2.30. The molecular weight excluding hydrogens is 250 g/mol. The van der Waals surface area contributed by atoms with Crippen LogP contribution in [0.2, 0.25) is 0 Å². The summed E-state index contributed by atoms with van der Waals surface area (Å²) in [5, 5.41) is 17.9. The van der Waals surface area contributed by atoms with Crippen LogP contribution in [-0.4, -0.2) is 48.5 Å². The fraction of sp³-hybridized carbons (Fsp3) is 0.846. The summed E-state index contributed by atoms with van der Waals surface area (Å²) in [6, 6.07) is 0. The van der Waals surface area contributed by atoms with Gasteiger partial charge in [-0.3, -0.25) is 0 Å². The third kappa shape index (κ3) is 22.5. The molecule has 3 N–H and O–H groups in total.